The van der Waals surface area contributed by atoms with Gasteiger partial charge < -0.3 is 15.2 Å². The van der Waals surface area contributed by atoms with Crippen molar-refractivity contribution in [3.05, 3.63) is 27.8 Å². The van der Waals surface area contributed by atoms with Crippen LogP contribution in [0.3, 0.4) is 0 Å². The quantitative estimate of drug-likeness (QED) is 0.670. The van der Waals surface area contributed by atoms with Gasteiger partial charge in [0.25, 0.3) is 5.69 Å². The maximum Gasteiger partial charge on any atom is 0.278 e. The molecule has 1 atom stereocenters. The van der Waals surface area contributed by atoms with Crippen LogP contribution in [0.5, 0.6) is 11.5 Å². The molecule has 1 rings (SSSR count). The topological polar surface area (TPSA) is 87.6 Å². The highest BCUT2D eigenvalue weighted by atomic mass is 16.6. The molecule has 0 aromatic heterocycles. The van der Waals surface area contributed by atoms with E-state index in [9.17, 15) is 10.1 Å². The van der Waals surface area contributed by atoms with E-state index in [0.717, 1.165) is 0 Å². The number of nitrogens with zero attached hydrogens (tertiary/aromatic N) is 1. The Morgan fingerprint density at radius 1 is 1.32 bits per heavy atom. The Hall–Kier alpha value is -1.82. The van der Waals surface area contributed by atoms with Crippen molar-refractivity contribution in [3.8, 4) is 11.5 Å². The van der Waals surface area contributed by atoms with Crippen LogP contribution in [0.25, 0.3) is 0 Å². The molecule has 1 unspecified atom stereocenters. The van der Waals surface area contributed by atoms with Crippen molar-refractivity contribution in [3.63, 3.8) is 0 Å². The van der Waals surface area contributed by atoms with Crippen LogP contribution in [0.4, 0.5) is 5.69 Å². The Balaban J connectivity index is 3.40. The fourth-order valence-electron chi connectivity index (χ4n) is 1.66. The number of hydrogen-bond donors (Lipinski definition) is 1. The highest BCUT2D eigenvalue weighted by Crippen LogP contribution is 2.38. The molecule has 6 heteroatoms. The van der Waals surface area contributed by atoms with E-state index in [4.69, 9.17) is 15.2 Å². The summed E-state index contributed by atoms with van der Waals surface area (Å²) in [4.78, 5) is 10.6. The number of ether oxygens (including phenoxy) is 2. The fraction of sp³-hybridized carbons (Fsp3) is 0.538. The molecule has 0 heterocycles. The molecule has 0 aliphatic rings. The molecule has 0 amide bonds. The Bertz CT molecular complexity index is 478. The van der Waals surface area contributed by atoms with Crippen LogP contribution in [0.2, 0.25) is 0 Å². The van der Waals surface area contributed by atoms with Gasteiger partial charge in [0.15, 0.2) is 11.5 Å². The number of nitro groups is 1. The van der Waals surface area contributed by atoms with Gasteiger partial charge in [0.1, 0.15) is 5.60 Å². The molecule has 0 spiro atoms. The summed E-state index contributed by atoms with van der Waals surface area (Å²) in [6.45, 7) is 7.26. The Morgan fingerprint density at radius 2 is 1.89 bits per heavy atom. The van der Waals surface area contributed by atoms with Gasteiger partial charge in [-0.2, -0.15) is 0 Å². The smallest absolute Gasteiger partial charge is 0.278 e. The second-order valence-corrected chi connectivity index (χ2v) is 5.32. The summed E-state index contributed by atoms with van der Waals surface area (Å²) in [6.07, 6.45) is 0. The van der Waals surface area contributed by atoms with E-state index < -0.39 is 16.6 Å². The highest BCUT2D eigenvalue weighted by Gasteiger charge is 2.24. The third kappa shape index (κ3) is 3.82. The van der Waals surface area contributed by atoms with Crippen LogP contribution >= 0.6 is 0 Å². The van der Waals surface area contributed by atoms with Crippen molar-refractivity contribution in [1.82, 2.24) is 0 Å². The van der Waals surface area contributed by atoms with Crippen molar-refractivity contribution in [2.45, 2.75) is 39.3 Å². The molecule has 106 valence electrons. The van der Waals surface area contributed by atoms with E-state index in [0.29, 0.717) is 17.1 Å². The lowest BCUT2D eigenvalue weighted by Gasteiger charge is -2.23. The van der Waals surface area contributed by atoms with Gasteiger partial charge in [-0.3, -0.25) is 10.1 Å². The Kier molecular flexibility index (Phi) is 4.36. The fourth-order valence-corrected chi connectivity index (χ4v) is 1.66. The van der Waals surface area contributed by atoms with Crippen molar-refractivity contribution in [2.24, 2.45) is 5.73 Å². The third-order valence-electron chi connectivity index (χ3n) is 2.42. The van der Waals surface area contributed by atoms with Crippen molar-refractivity contribution >= 4 is 5.69 Å². The first-order valence-corrected chi connectivity index (χ1v) is 5.96. The predicted molar refractivity (Wildman–Crippen MR) is 72.6 cm³/mol. The second kappa shape index (κ2) is 5.44. The number of nitro benzene ring substituents is 1. The third-order valence-corrected chi connectivity index (χ3v) is 2.42. The number of nitrogens with two attached hydrogens (primary N) is 1. The van der Waals surface area contributed by atoms with Gasteiger partial charge in [0.2, 0.25) is 0 Å². The maximum atomic E-state index is 11.1. The van der Waals surface area contributed by atoms with E-state index in [-0.39, 0.29) is 5.69 Å². The zero-order valence-corrected chi connectivity index (χ0v) is 11.9. The molecule has 1 aromatic carbocycles. The number of rotatable bonds is 4. The largest absolute Gasteiger partial charge is 0.493 e. The lowest BCUT2D eigenvalue weighted by atomic mass is 10.1. The maximum absolute atomic E-state index is 11.1. The predicted octanol–water partition coefficient (Wildman–Crippen LogP) is 2.80. The number of benzene rings is 1. The van der Waals surface area contributed by atoms with E-state index in [1.165, 1.54) is 13.2 Å². The van der Waals surface area contributed by atoms with E-state index >= 15 is 0 Å². The SMILES string of the molecule is COc1cc(C(C)N)c([N+](=O)[O-])cc1OC(C)(C)C. The van der Waals surface area contributed by atoms with Crippen LogP contribution in [0, 0.1) is 10.1 Å². The van der Waals surface area contributed by atoms with E-state index in [2.05, 4.69) is 0 Å². The molecule has 2 N–H and O–H groups in total. The molecule has 0 radical (unpaired) electrons. The van der Waals surface area contributed by atoms with Crippen LogP contribution in [-0.4, -0.2) is 17.6 Å². The molecule has 1 aromatic rings. The highest BCUT2D eigenvalue weighted by molar-refractivity contribution is 5.55. The summed E-state index contributed by atoms with van der Waals surface area (Å²) in [5, 5.41) is 11.1. The Labute approximate surface area is 112 Å². The van der Waals surface area contributed by atoms with Gasteiger partial charge in [-0.25, -0.2) is 0 Å². The molecule has 0 aliphatic carbocycles. The average Bonchev–Trinajstić information content (AvgIpc) is 2.25. The lowest BCUT2D eigenvalue weighted by molar-refractivity contribution is -0.385. The minimum absolute atomic E-state index is 0.0601. The molecule has 6 nitrogen and oxygen atoms in total. The van der Waals surface area contributed by atoms with Crippen molar-refractivity contribution in [2.75, 3.05) is 7.11 Å². The number of hydrogen-bond acceptors (Lipinski definition) is 5. The van der Waals surface area contributed by atoms with Crippen molar-refractivity contribution < 1.29 is 14.4 Å². The molecule has 0 aliphatic heterocycles. The van der Waals surface area contributed by atoms with E-state index in [1.807, 2.05) is 20.8 Å². The summed E-state index contributed by atoms with van der Waals surface area (Å²) < 4.78 is 10.9. The Morgan fingerprint density at radius 3 is 2.26 bits per heavy atom. The summed E-state index contributed by atoms with van der Waals surface area (Å²) >= 11 is 0. The number of methoxy groups -OCH3 is 1. The normalized spacial score (nSPS) is 12.9. The summed E-state index contributed by atoms with van der Waals surface area (Å²) in [6, 6.07) is 2.46. The van der Waals surface area contributed by atoms with Gasteiger partial charge >= 0.3 is 0 Å². The van der Waals surface area contributed by atoms with E-state index in [1.54, 1.807) is 13.0 Å². The molecule has 0 bridgehead atoms. The van der Waals surface area contributed by atoms with Crippen molar-refractivity contribution in [1.29, 1.82) is 0 Å². The molecule has 19 heavy (non-hydrogen) atoms. The average molecular weight is 268 g/mol. The van der Waals surface area contributed by atoms with Crippen LogP contribution in [-0.2, 0) is 0 Å². The zero-order valence-electron chi connectivity index (χ0n) is 11.9. The van der Waals surface area contributed by atoms with Crippen LogP contribution < -0.4 is 15.2 Å². The van der Waals surface area contributed by atoms with Gasteiger partial charge in [0, 0.05) is 6.04 Å². The molecule has 0 saturated heterocycles. The molecular weight excluding hydrogens is 248 g/mol. The lowest BCUT2D eigenvalue weighted by Crippen LogP contribution is -2.23. The van der Waals surface area contributed by atoms with Gasteiger partial charge in [0.05, 0.1) is 23.7 Å². The molecular formula is C13H20N2O4. The van der Waals surface area contributed by atoms with Crippen LogP contribution in [0.15, 0.2) is 12.1 Å². The first-order valence-electron chi connectivity index (χ1n) is 5.96. The van der Waals surface area contributed by atoms with Gasteiger partial charge in [-0.1, -0.05) is 0 Å². The monoisotopic (exact) mass is 268 g/mol. The van der Waals surface area contributed by atoms with Crippen LogP contribution in [0.1, 0.15) is 39.3 Å². The summed E-state index contributed by atoms with van der Waals surface area (Å²) in [7, 11) is 1.49. The zero-order chi connectivity index (χ0) is 14.8. The molecule has 0 saturated carbocycles. The van der Waals surface area contributed by atoms with Gasteiger partial charge in [-0.15, -0.1) is 0 Å². The minimum Gasteiger partial charge on any atom is -0.493 e. The summed E-state index contributed by atoms with van der Waals surface area (Å²) in [5.41, 5.74) is 5.64. The first-order chi connectivity index (χ1) is 8.65. The molecule has 0 fully saturated rings. The minimum atomic E-state index is -0.475. The standard InChI is InChI=1S/C13H20N2O4/c1-8(14)9-6-11(18-5)12(19-13(2,3)4)7-10(9)15(16)17/h6-8H,14H2,1-5H3. The summed E-state index contributed by atoms with van der Waals surface area (Å²) in [5.74, 6) is 0.777. The second-order valence-electron chi connectivity index (χ2n) is 5.32. The van der Waals surface area contributed by atoms with Gasteiger partial charge in [-0.05, 0) is 33.8 Å². The first kappa shape index (κ1) is 15.2.